The smallest absolute Gasteiger partial charge is 0.180 e. The molecule has 2 saturated heterocycles. The Morgan fingerprint density at radius 2 is 2.26 bits per heavy atom. The highest BCUT2D eigenvalue weighted by Crippen LogP contribution is 2.49. The molecule has 4 atom stereocenters. The number of nitrogens with zero attached hydrogens (tertiary/aromatic N) is 1. The van der Waals surface area contributed by atoms with Gasteiger partial charge in [0.05, 0.1) is 12.1 Å². The van der Waals surface area contributed by atoms with Crippen molar-refractivity contribution >= 4 is 5.78 Å². The quantitative estimate of drug-likeness (QED) is 0.912. The first-order chi connectivity index (χ1) is 11.0. The van der Waals surface area contributed by atoms with Gasteiger partial charge < -0.3 is 9.84 Å². The minimum Gasteiger partial charge on any atom is -0.508 e. The van der Waals surface area contributed by atoms with Gasteiger partial charge in [0, 0.05) is 18.7 Å². The van der Waals surface area contributed by atoms with Gasteiger partial charge in [-0.15, -0.1) is 0 Å². The molecular weight excluding hydrogens is 290 g/mol. The topological polar surface area (TPSA) is 49.8 Å². The van der Waals surface area contributed by atoms with Crippen molar-refractivity contribution in [2.45, 2.75) is 50.7 Å². The molecule has 2 fully saturated rings. The van der Waals surface area contributed by atoms with E-state index < -0.39 is 0 Å². The van der Waals surface area contributed by atoms with Gasteiger partial charge in [0.2, 0.25) is 0 Å². The lowest BCUT2D eigenvalue weighted by atomic mass is 9.58. The SMILES string of the molecule is C[C@H]1C2C(=O)c3ccc(O)cc3[C@@]1(C)CCN2CC1CCCO1. The van der Waals surface area contributed by atoms with E-state index in [0.29, 0.717) is 0 Å². The predicted octanol–water partition coefficient (Wildman–Crippen LogP) is 2.74. The van der Waals surface area contributed by atoms with Gasteiger partial charge in [-0.3, -0.25) is 9.69 Å². The van der Waals surface area contributed by atoms with Crippen LogP contribution in [0.3, 0.4) is 0 Å². The molecule has 1 N–H and O–H groups in total. The van der Waals surface area contributed by atoms with Crippen LogP contribution < -0.4 is 0 Å². The van der Waals surface area contributed by atoms with E-state index >= 15 is 0 Å². The number of hydrogen-bond acceptors (Lipinski definition) is 4. The molecule has 1 aromatic rings. The first-order valence-corrected chi connectivity index (χ1v) is 8.74. The van der Waals surface area contributed by atoms with Crippen LogP contribution in [0.1, 0.15) is 49.0 Å². The molecule has 2 unspecified atom stereocenters. The van der Waals surface area contributed by atoms with Crippen molar-refractivity contribution in [3.8, 4) is 5.75 Å². The second-order valence-corrected chi connectivity index (χ2v) is 7.63. The molecule has 2 heterocycles. The summed E-state index contributed by atoms with van der Waals surface area (Å²) >= 11 is 0. The summed E-state index contributed by atoms with van der Waals surface area (Å²) in [7, 11) is 0. The third-order valence-corrected chi connectivity index (χ3v) is 6.41. The van der Waals surface area contributed by atoms with Gasteiger partial charge in [-0.2, -0.15) is 0 Å². The monoisotopic (exact) mass is 315 g/mol. The molecule has 23 heavy (non-hydrogen) atoms. The van der Waals surface area contributed by atoms with Crippen molar-refractivity contribution in [2.24, 2.45) is 5.92 Å². The van der Waals surface area contributed by atoms with E-state index in [1.54, 1.807) is 18.2 Å². The number of carbonyl (C=O) groups is 1. The molecule has 3 aliphatic rings. The van der Waals surface area contributed by atoms with Gasteiger partial charge in [0.15, 0.2) is 5.78 Å². The summed E-state index contributed by atoms with van der Waals surface area (Å²) in [5.74, 6) is 0.715. The Bertz CT molecular complexity index is 638. The van der Waals surface area contributed by atoms with Crippen LogP contribution in [0, 0.1) is 5.92 Å². The number of phenols is 1. The van der Waals surface area contributed by atoms with Crippen LogP contribution in [0.4, 0.5) is 0 Å². The molecule has 0 aromatic heterocycles. The van der Waals surface area contributed by atoms with Crippen molar-refractivity contribution in [2.75, 3.05) is 19.7 Å². The molecule has 0 amide bonds. The normalized spacial score (nSPS) is 37.0. The number of rotatable bonds is 2. The number of aromatic hydroxyl groups is 1. The zero-order valence-electron chi connectivity index (χ0n) is 13.9. The number of ether oxygens (including phenoxy) is 1. The number of Topliss-reactive ketones (excluding diaryl/α,β-unsaturated/α-hetero) is 1. The van der Waals surface area contributed by atoms with E-state index in [9.17, 15) is 9.90 Å². The van der Waals surface area contributed by atoms with Crippen LogP contribution >= 0.6 is 0 Å². The molecule has 4 nitrogen and oxygen atoms in total. The molecule has 2 bridgehead atoms. The number of likely N-dealkylation sites (tertiary alicyclic amines) is 1. The van der Waals surface area contributed by atoms with Gasteiger partial charge in [0.1, 0.15) is 5.75 Å². The molecule has 0 saturated carbocycles. The maximum absolute atomic E-state index is 13.1. The van der Waals surface area contributed by atoms with E-state index in [0.717, 1.165) is 50.1 Å². The standard InChI is InChI=1S/C19H25NO3/c1-12-17-18(22)15-6-5-13(21)10-16(15)19(12,2)7-8-20(17)11-14-4-3-9-23-14/h5-6,10,12,14,17,21H,3-4,7-9,11H2,1-2H3/t12-,14?,17?,19-/m0/s1. The van der Waals surface area contributed by atoms with Crippen LogP contribution in [0.15, 0.2) is 18.2 Å². The van der Waals surface area contributed by atoms with Crippen molar-refractivity contribution < 1.29 is 14.6 Å². The Kier molecular flexibility index (Phi) is 3.50. The number of carbonyl (C=O) groups excluding carboxylic acids is 1. The Morgan fingerprint density at radius 3 is 3.00 bits per heavy atom. The fourth-order valence-corrected chi connectivity index (χ4v) is 4.81. The summed E-state index contributed by atoms with van der Waals surface area (Å²) in [6.07, 6.45) is 3.53. The lowest BCUT2D eigenvalue weighted by Gasteiger charge is -2.53. The number of benzene rings is 1. The fourth-order valence-electron chi connectivity index (χ4n) is 4.81. The highest BCUT2D eigenvalue weighted by Gasteiger charge is 2.52. The molecule has 124 valence electrons. The molecule has 1 aromatic carbocycles. The van der Waals surface area contributed by atoms with Gasteiger partial charge in [-0.1, -0.05) is 13.8 Å². The Labute approximate surface area is 137 Å². The summed E-state index contributed by atoms with van der Waals surface area (Å²) in [4.78, 5) is 15.5. The summed E-state index contributed by atoms with van der Waals surface area (Å²) in [5.41, 5.74) is 1.79. The largest absolute Gasteiger partial charge is 0.508 e. The van der Waals surface area contributed by atoms with E-state index in [-0.39, 0.29) is 35.0 Å². The van der Waals surface area contributed by atoms with Crippen molar-refractivity contribution in [3.05, 3.63) is 29.3 Å². The summed E-state index contributed by atoms with van der Waals surface area (Å²) in [6.45, 7) is 7.08. The zero-order chi connectivity index (χ0) is 16.2. The number of ketones is 1. The third kappa shape index (κ3) is 2.23. The van der Waals surface area contributed by atoms with E-state index in [1.165, 1.54) is 0 Å². The minimum absolute atomic E-state index is 0.0420. The fraction of sp³-hybridized carbons (Fsp3) is 0.632. The lowest BCUT2D eigenvalue weighted by molar-refractivity contribution is -0.000149. The highest BCUT2D eigenvalue weighted by molar-refractivity contribution is 6.03. The van der Waals surface area contributed by atoms with Crippen LogP contribution in [0.2, 0.25) is 0 Å². The number of fused-ring (bicyclic) bond motifs is 4. The summed E-state index contributed by atoms with van der Waals surface area (Å²) < 4.78 is 5.79. The summed E-state index contributed by atoms with van der Waals surface area (Å²) in [6, 6.07) is 5.18. The highest BCUT2D eigenvalue weighted by atomic mass is 16.5. The molecule has 4 rings (SSSR count). The maximum Gasteiger partial charge on any atom is 0.180 e. The average molecular weight is 315 g/mol. The Morgan fingerprint density at radius 1 is 1.43 bits per heavy atom. The third-order valence-electron chi connectivity index (χ3n) is 6.41. The Hall–Kier alpha value is -1.39. The first-order valence-electron chi connectivity index (χ1n) is 8.74. The second kappa shape index (κ2) is 5.32. The lowest BCUT2D eigenvalue weighted by Crippen LogP contribution is -2.61. The summed E-state index contributed by atoms with van der Waals surface area (Å²) in [5, 5.41) is 9.88. The van der Waals surface area contributed by atoms with Gasteiger partial charge in [-0.05, 0) is 60.9 Å². The molecular formula is C19H25NO3. The van der Waals surface area contributed by atoms with Crippen LogP contribution in [-0.2, 0) is 10.2 Å². The number of piperidine rings is 1. The zero-order valence-corrected chi connectivity index (χ0v) is 13.9. The van der Waals surface area contributed by atoms with E-state index in [1.807, 2.05) is 0 Å². The predicted molar refractivity (Wildman–Crippen MR) is 87.9 cm³/mol. The van der Waals surface area contributed by atoms with E-state index in [4.69, 9.17) is 4.74 Å². The van der Waals surface area contributed by atoms with E-state index in [2.05, 4.69) is 18.7 Å². The van der Waals surface area contributed by atoms with Gasteiger partial charge in [0.25, 0.3) is 0 Å². The van der Waals surface area contributed by atoms with Gasteiger partial charge >= 0.3 is 0 Å². The van der Waals surface area contributed by atoms with Gasteiger partial charge in [-0.25, -0.2) is 0 Å². The molecule has 2 aliphatic heterocycles. The Balaban J connectivity index is 1.71. The maximum atomic E-state index is 13.1. The molecule has 1 aliphatic carbocycles. The number of hydrogen-bond donors (Lipinski definition) is 1. The average Bonchev–Trinajstić information content (AvgIpc) is 3.03. The van der Waals surface area contributed by atoms with Crippen LogP contribution in [0.5, 0.6) is 5.75 Å². The van der Waals surface area contributed by atoms with Crippen LogP contribution in [-0.4, -0.2) is 47.6 Å². The van der Waals surface area contributed by atoms with Crippen molar-refractivity contribution in [1.29, 1.82) is 0 Å². The second-order valence-electron chi connectivity index (χ2n) is 7.63. The first kappa shape index (κ1) is 15.2. The van der Waals surface area contributed by atoms with Crippen LogP contribution in [0.25, 0.3) is 0 Å². The van der Waals surface area contributed by atoms with Crippen molar-refractivity contribution in [3.63, 3.8) is 0 Å². The molecule has 0 spiro atoms. The minimum atomic E-state index is -0.0602. The molecule has 4 heteroatoms. The molecule has 0 radical (unpaired) electrons. The number of phenolic OH excluding ortho intramolecular Hbond substituents is 1. The van der Waals surface area contributed by atoms with Crippen molar-refractivity contribution in [1.82, 2.24) is 4.90 Å².